The highest BCUT2D eigenvalue weighted by Gasteiger charge is 2.23. The van der Waals surface area contributed by atoms with Crippen LogP contribution in [0.2, 0.25) is 0 Å². The van der Waals surface area contributed by atoms with Crippen molar-refractivity contribution in [3.63, 3.8) is 0 Å². The molecule has 0 aromatic heterocycles. The van der Waals surface area contributed by atoms with Gasteiger partial charge in [-0.2, -0.15) is 17.4 Å². The average Bonchev–Trinajstić information content (AvgIpc) is 2.53. The molecule has 118 valence electrons. The van der Waals surface area contributed by atoms with Gasteiger partial charge in [-0.3, -0.25) is 0 Å². The van der Waals surface area contributed by atoms with Gasteiger partial charge in [0.2, 0.25) is 0 Å². The Hall–Kier alpha value is -1.35. The van der Waals surface area contributed by atoms with Crippen molar-refractivity contribution in [2.75, 3.05) is 46.6 Å². The van der Waals surface area contributed by atoms with Gasteiger partial charge >= 0.3 is 0 Å². The van der Waals surface area contributed by atoms with E-state index in [0.29, 0.717) is 37.8 Å². The number of ether oxygens (including phenoxy) is 3. The van der Waals surface area contributed by atoms with Gasteiger partial charge in [0.05, 0.1) is 20.3 Å². The Labute approximate surface area is 125 Å². The van der Waals surface area contributed by atoms with E-state index < -0.39 is 10.2 Å². The minimum atomic E-state index is -3.45. The number of nitrogens with one attached hydrogen (secondary N) is 1. The molecule has 21 heavy (non-hydrogen) atoms. The lowest BCUT2D eigenvalue weighted by molar-refractivity contribution is 0.0724. The van der Waals surface area contributed by atoms with E-state index in [9.17, 15) is 8.42 Å². The number of rotatable bonds is 7. The molecule has 7 nitrogen and oxygen atoms in total. The largest absolute Gasteiger partial charge is 0.497 e. The fourth-order valence-electron chi connectivity index (χ4n) is 1.91. The van der Waals surface area contributed by atoms with Gasteiger partial charge in [0, 0.05) is 25.7 Å². The van der Waals surface area contributed by atoms with Crippen molar-refractivity contribution in [1.82, 2.24) is 9.03 Å². The van der Waals surface area contributed by atoms with Gasteiger partial charge in [-0.1, -0.05) is 6.07 Å². The zero-order chi connectivity index (χ0) is 15.1. The first kappa shape index (κ1) is 16.0. The molecule has 0 amide bonds. The Bertz CT molecular complexity index is 543. The molecule has 0 spiro atoms. The Morgan fingerprint density at radius 1 is 1.29 bits per heavy atom. The molecular weight excluding hydrogens is 296 g/mol. The number of methoxy groups -OCH3 is 1. The molecule has 0 bridgehead atoms. The molecule has 2 rings (SSSR count). The maximum absolute atomic E-state index is 12.0. The molecule has 1 heterocycles. The van der Waals surface area contributed by atoms with Gasteiger partial charge in [0.1, 0.15) is 18.1 Å². The summed E-state index contributed by atoms with van der Waals surface area (Å²) in [6, 6.07) is 7.16. The van der Waals surface area contributed by atoms with E-state index in [1.807, 2.05) is 12.1 Å². The SMILES string of the molecule is COc1cccc(OCCNS(=O)(=O)N2CCOCC2)c1. The van der Waals surface area contributed by atoms with E-state index in [0.717, 1.165) is 0 Å². The first-order valence-electron chi connectivity index (χ1n) is 6.71. The van der Waals surface area contributed by atoms with E-state index in [4.69, 9.17) is 14.2 Å². The minimum Gasteiger partial charge on any atom is -0.497 e. The summed E-state index contributed by atoms with van der Waals surface area (Å²) in [4.78, 5) is 0. The number of benzene rings is 1. The van der Waals surface area contributed by atoms with Crippen LogP contribution in [0.5, 0.6) is 11.5 Å². The summed E-state index contributed by atoms with van der Waals surface area (Å²) in [6.07, 6.45) is 0. The van der Waals surface area contributed by atoms with E-state index in [2.05, 4.69) is 4.72 Å². The Morgan fingerprint density at radius 3 is 2.71 bits per heavy atom. The van der Waals surface area contributed by atoms with Crippen LogP contribution in [0, 0.1) is 0 Å². The highest BCUT2D eigenvalue weighted by Crippen LogP contribution is 2.18. The summed E-state index contributed by atoms with van der Waals surface area (Å²) in [5.41, 5.74) is 0. The lowest BCUT2D eigenvalue weighted by Gasteiger charge is -2.26. The van der Waals surface area contributed by atoms with Gasteiger partial charge in [-0.15, -0.1) is 0 Å². The second kappa shape index (κ2) is 7.60. The number of hydrogen-bond acceptors (Lipinski definition) is 5. The maximum atomic E-state index is 12.0. The van der Waals surface area contributed by atoms with Crippen LogP contribution in [-0.2, 0) is 14.9 Å². The fraction of sp³-hybridized carbons (Fsp3) is 0.538. The summed E-state index contributed by atoms with van der Waals surface area (Å²) >= 11 is 0. The van der Waals surface area contributed by atoms with Crippen LogP contribution in [0.15, 0.2) is 24.3 Å². The van der Waals surface area contributed by atoms with Gasteiger partial charge in [-0.25, -0.2) is 0 Å². The summed E-state index contributed by atoms with van der Waals surface area (Å²) < 4.78 is 43.5. The maximum Gasteiger partial charge on any atom is 0.279 e. The second-order valence-electron chi connectivity index (χ2n) is 4.44. The van der Waals surface area contributed by atoms with Crippen molar-refractivity contribution in [3.05, 3.63) is 24.3 Å². The normalized spacial score (nSPS) is 16.6. The zero-order valence-corrected chi connectivity index (χ0v) is 12.8. The summed E-state index contributed by atoms with van der Waals surface area (Å²) in [5.74, 6) is 1.33. The highest BCUT2D eigenvalue weighted by molar-refractivity contribution is 7.87. The van der Waals surface area contributed by atoms with E-state index in [1.54, 1.807) is 19.2 Å². The standard InChI is InChI=1S/C13H20N2O5S/c1-18-12-3-2-4-13(11-12)20-8-5-14-21(16,17)15-6-9-19-10-7-15/h2-4,11,14H,5-10H2,1H3. The molecule has 1 aromatic carbocycles. The molecule has 0 saturated carbocycles. The third-order valence-electron chi connectivity index (χ3n) is 3.01. The molecule has 0 radical (unpaired) electrons. The third-order valence-corrected chi connectivity index (χ3v) is 4.62. The first-order valence-corrected chi connectivity index (χ1v) is 8.15. The van der Waals surface area contributed by atoms with E-state index in [-0.39, 0.29) is 13.2 Å². The number of morpholine rings is 1. The molecule has 1 fully saturated rings. The van der Waals surface area contributed by atoms with Crippen LogP contribution in [0.3, 0.4) is 0 Å². The molecule has 1 N–H and O–H groups in total. The number of nitrogens with zero attached hydrogens (tertiary/aromatic N) is 1. The van der Waals surface area contributed by atoms with Crippen molar-refractivity contribution < 1.29 is 22.6 Å². The summed E-state index contributed by atoms with van der Waals surface area (Å²) in [6.45, 7) is 2.08. The summed E-state index contributed by atoms with van der Waals surface area (Å²) in [5, 5.41) is 0. The van der Waals surface area contributed by atoms with Crippen molar-refractivity contribution in [2.45, 2.75) is 0 Å². The number of hydrogen-bond donors (Lipinski definition) is 1. The minimum absolute atomic E-state index is 0.205. The molecule has 1 aromatic rings. The molecule has 8 heteroatoms. The zero-order valence-electron chi connectivity index (χ0n) is 11.9. The first-order chi connectivity index (χ1) is 10.1. The van der Waals surface area contributed by atoms with Crippen molar-refractivity contribution in [1.29, 1.82) is 0 Å². The van der Waals surface area contributed by atoms with Crippen LogP contribution in [-0.4, -0.2) is 59.3 Å². The van der Waals surface area contributed by atoms with Gasteiger partial charge < -0.3 is 14.2 Å². The predicted molar refractivity (Wildman–Crippen MR) is 77.8 cm³/mol. The van der Waals surface area contributed by atoms with E-state index in [1.165, 1.54) is 4.31 Å². The van der Waals surface area contributed by atoms with Crippen molar-refractivity contribution >= 4 is 10.2 Å². The molecule has 1 saturated heterocycles. The van der Waals surface area contributed by atoms with Gasteiger partial charge in [0.25, 0.3) is 10.2 Å². The lowest BCUT2D eigenvalue weighted by Crippen LogP contribution is -2.47. The quantitative estimate of drug-likeness (QED) is 0.729. The van der Waals surface area contributed by atoms with Crippen LogP contribution in [0.4, 0.5) is 0 Å². The highest BCUT2D eigenvalue weighted by atomic mass is 32.2. The predicted octanol–water partition coefficient (Wildman–Crippen LogP) is 0.241. The Balaban J connectivity index is 1.75. The Morgan fingerprint density at radius 2 is 2.00 bits per heavy atom. The third kappa shape index (κ3) is 4.85. The van der Waals surface area contributed by atoms with Gasteiger partial charge in [0.15, 0.2) is 0 Å². The molecule has 1 aliphatic rings. The van der Waals surface area contributed by atoms with Crippen LogP contribution >= 0.6 is 0 Å². The summed E-state index contributed by atoms with van der Waals surface area (Å²) in [7, 11) is -1.87. The fourth-order valence-corrected chi connectivity index (χ4v) is 3.06. The van der Waals surface area contributed by atoms with Crippen LogP contribution in [0.1, 0.15) is 0 Å². The Kier molecular flexibility index (Phi) is 5.80. The smallest absolute Gasteiger partial charge is 0.279 e. The van der Waals surface area contributed by atoms with Gasteiger partial charge in [-0.05, 0) is 12.1 Å². The molecular formula is C13H20N2O5S. The average molecular weight is 316 g/mol. The van der Waals surface area contributed by atoms with Crippen LogP contribution < -0.4 is 14.2 Å². The second-order valence-corrected chi connectivity index (χ2v) is 6.19. The van der Waals surface area contributed by atoms with Crippen molar-refractivity contribution in [2.24, 2.45) is 0 Å². The van der Waals surface area contributed by atoms with Crippen molar-refractivity contribution in [3.8, 4) is 11.5 Å². The van der Waals surface area contributed by atoms with Crippen LogP contribution in [0.25, 0.3) is 0 Å². The topological polar surface area (TPSA) is 77.1 Å². The molecule has 0 atom stereocenters. The lowest BCUT2D eigenvalue weighted by atomic mass is 10.3. The van der Waals surface area contributed by atoms with E-state index >= 15 is 0 Å². The molecule has 0 aliphatic carbocycles. The molecule has 1 aliphatic heterocycles. The molecule has 0 unspecified atom stereocenters. The monoisotopic (exact) mass is 316 g/mol.